The van der Waals surface area contributed by atoms with Gasteiger partial charge in [0.2, 0.25) is 5.89 Å². The van der Waals surface area contributed by atoms with Gasteiger partial charge in [-0.1, -0.05) is 30.7 Å². The molecular formula is C14H17ClN2O. The largest absolute Gasteiger partial charge is 0.445 e. The zero-order valence-electron chi connectivity index (χ0n) is 10.6. The number of benzene rings is 1. The second-order valence-corrected chi connectivity index (χ2v) is 4.70. The molecule has 4 heteroatoms. The van der Waals surface area contributed by atoms with Crippen molar-refractivity contribution in [3.8, 4) is 0 Å². The van der Waals surface area contributed by atoms with Crippen LogP contribution in [-0.4, -0.2) is 4.98 Å². The SMILES string of the molecule is CCC(NCc1ncc(C)o1)c1cccc(Cl)c1. The lowest BCUT2D eigenvalue weighted by atomic mass is 10.0. The molecule has 0 aliphatic carbocycles. The van der Waals surface area contributed by atoms with E-state index in [1.54, 1.807) is 6.20 Å². The summed E-state index contributed by atoms with van der Waals surface area (Å²) in [5.74, 6) is 1.55. The third-order valence-corrected chi connectivity index (χ3v) is 3.06. The topological polar surface area (TPSA) is 38.1 Å². The molecular weight excluding hydrogens is 248 g/mol. The summed E-state index contributed by atoms with van der Waals surface area (Å²) in [6.07, 6.45) is 2.72. The molecule has 2 aromatic rings. The van der Waals surface area contributed by atoms with Gasteiger partial charge in [0, 0.05) is 11.1 Å². The van der Waals surface area contributed by atoms with Gasteiger partial charge in [0.15, 0.2) is 0 Å². The molecule has 1 aromatic carbocycles. The van der Waals surface area contributed by atoms with Crippen molar-refractivity contribution in [2.24, 2.45) is 0 Å². The van der Waals surface area contributed by atoms with Gasteiger partial charge >= 0.3 is 0 Å². The van der Waals surface area contributed by atoms with Gasteiger partial charge in [-0.05, 0) is 31.0 Å². The smallest absolute Gasteiger partial charge is 0.208 e. The first-order chi connectivity index (χ1) is 8.69. The van der Waals surface area contributed by atoms with Gasteiger partial charge in [-0.2, -0.15) is 0 Å². The fourth-order valence-corrected chi connectivity index (χ4v) is 2.11. The number of aromatic nitrogens is 1. The quantitative estimate of drug-likeness (QED) is 0.891. The average molecular weight is 265 g/mol. The first-order valence-electron chi connectivity index (χ1n) is 6.09. The zero-order valence-corrected chi connectivity index (χ0v) is 11.4. The molecule has 0 saturated carbocycles. The Morgan fingerprint density at radius 3 is 2.89 bits per heavy atom. The van der Waals surface area contributed by atoms with Gasteiger partial charge in [-0.15, -0.1) is 0 Å². The zero-order chi connectivity index (χ0) is 13.0. The molecule has 0 radical (unpaired) electrons. The molecule has 1 unspecified atom stereocenters. The van der Waals surface area contributed by atoms with Crippen LogP contribution in [0.5, 0.6) is 0 Å². The number of hydrogen-bond acceptors (Lipinski definition) is 3. The van der Waals surface area contributed by atoms with Crippen molar-refractivity contribution in [1.82, 2.24) is 10.3 Å². The van der Waals surface area contributed by atoms with Crippen molar-refractivity contribution < 1.29 is 4.42 Å². The van der Waals surface area contributed by atoms with Crippen LogP contribution in [0.1, 0.15) is 36.6 Å². The highest BCUT2D eigenvalue weighted by molar-refractivity contribution is 6.30. The van der Waals surface area contributed by atoms with Crippen molar-refractivity contribution >= 4 is 11.6 Å². The Morgan fingerprint density at radius 2 is 2.28 bits per heavy atom. The van der Waals surface area contributed by atoms with E-state index in [1.165, 1.54) is 5.56 Å². The highest BCUT2D eigenvalue weighted by atomic mass is 35.5. The van der Waals surface area contributed by atoms with E-state index in [0.717, 1.165) is 17.2 Å². The van der Waals surface area contributed by atoms with Crippen LogP contribution in [0.2, 0.25) is 5.02 Å². The molecule has 0 aliphatic heterocycles. The summed E-state index contributed by atoms with van der Waals surface area (Å²) in [5.41, 5.74) is 1.19. The maximum atomic E-state index is 6.01. The summed E-state index contributed by atoms with van der Waals surface area (Å²) in [4.78, 5) is 4.18. The van der Waals surface area contributed by atoms with Crippen molar-refractivity contribution in [3.05, 3.63) is 52.7 Å². The Bertz CT molecular complexity index is 510. The lowest BCUT2D eigenvalue weighted by Crippen LogP contribution is -2.20. The molecule has 1 N–H and O–H groups in total. The molecule has 0 saturated heterocycles. The van der Waals surface area contributed by atoms with Crippen molar-refractivity contribution in [1.29, 1.82) is 0 Å². The Kier molecular flexibility index (Phi) is 4.39. The maximum Gasteiger partial charge on any atom is 0.208 e. The van der Waals surface area contributed by atoms with Crippen LogP contribution >= 0.6 is 11.6 Å². The highest BCUT2D eigenvalue weighted by Gasteiger charge is 2.10. The summed E-state index contributed by atoms with van der Waals surface area (Å²) in [5, 5.41) is 4.19. The fourth-order valence-electron chi connectivity index (χ4n) is 1.91. The molecule has 0 spiro atoms. The van der Waals surface area contributed by atoms with E-state index in [0.29, 0.717) is 12.4 Å². The van der Waals surface area contributed by atoms with E-state index in [2.05, 4.69) is 23.3 Å². The lowest BCUT2D eigenvalue weighted by molar-refractivity contribution is 0.420. The van der Waals surface area contributed by atoms with Crippen LogP contribution in [0.25, 0.3) is 0 Å². The maximum absolute atomic E-state index is 6.01. The summed E-state index contributed by atoms with van der Waals surface area (Å²) in [7, 11) is 0. The molecule has 18 heavy (non-hydrogen) atoms. The molecule has 1 heterocycles. The van der Waals surface area contributed by atoms with Gasteiger partial charge in [0.05, 0.1) is 12.7 Å². The molecule has 3 nitrogen and oxygen atoms in total. The normalized spacial score (nSPS) is 12.6. The summed E-state index contributed by atoms with van der Waals surface area (Å²) in [6.45, 7) is 4.66. The third-order valence-electron chi connectivity index (χ3n) is 2.83. The Hall–Kier alpha value is -1.32. The Labute approximate surface area is 112 Å². The van der Waals surface area contributed by atoms with Crippen molar-refractivity contribution in [3.63, 3.8) is 0 Å². The summed E-state index contributed by atoms with van der Waals surface area (Å²) >= 11 is 6.01. The predicted octanol–water partition coefficient (Wildman–Crippen LogP) is 3.88. The number of aryl methyl sites for hydroxylation is 1. The number of halogens is 1. The monoisotopic (exact) mass is 264 g/mol. The molecule has 0 amide bonds. The minimum absolute atomic E-state index is 0.260. The van der Waals surface area contributed by atoms with Crippen LogP contribution < -0.4 is 5.32 Å². The van der Waals surface area contributed by atoms with Crippen LogP contribution in [0.3, 0.4) is 0 Å². The van der Waals surface area contributed by atoms with Gasteiger partial charge in [-0.3, -0.25) is 0 Å². The molecule has 0 bridgehead atoms. The molecule has 1 aromatic heterocycles. The van der Waals surface area contributed by atoms with Crippen LogP contribution in [0.4, 0.5) is 0 Å². The molecule has 1 atom stereocenters. The molecule has 0 fully saturated rings. The fraction of sp³-hybridized carbons (Fsp3) is 0.357. The molecule has 96 valence electrons. The lowest BCUT2D eigenvalue weighted by Gasteiger charge is -2.16. The minimum Gasteiger partial charge on any atom is -0.445 e. The average Bonchev–Trinajstić information content (AvgIpc) is 2.76. The van der Waals surface area contributed by atoms with E-state index in [4.69, 9.17) is 16.0 Å². The van der Waals surface area contributed by atoms with Gasteiger partial charge in [0.1, 0.15) is 5.76 Å². The first-order valence-corrected chi connectivity index (χ1v) is 6.47. The number of nitrogens with one attached hydrogen (secondary N) is 1. The van der Waals surface area contributed by atoms with E-state index in [1.807, 2.05) is 25.1 Å². The number of oxazole rings is 1. The second-order valence-electron chi connectivity index (χ2n) is 4.26. The molecule has 2 rings (SSSR count). The predicted molar refractivity (Wildman–Crippen MR) is 72.6 cm³/mol. The van der Waals surface area contributed by atoms with Gasteiger partial charge in [-0.25, -0.2) is 4.98 Å². The minimum atomic E-state index is 0.260. The van der Waals surface area contributed by atoms with Crippen LogP contribution in [0.15, 0.2) is 34.9 Å². The summed E-state index contributed by atoms with van der Waals surface area (Å²) < 4.78 is 5.44. The first kappa shape index (κ1) is 13.1. The number of nitrogens with zero attached hydrogens (tertiary/aromatic N) is 1. The van der Waals surface area contributed by atoms with E-state index in [9.17, 15) is 0 Å². The Morgan fingerprint density at radius 1 is 1.44 bits per heavy atom. The van der Waals surface area contributed by atoms with E-state index < -0.39 is 0 Å². The van der Waals surface area contributed by atoms with Gasteiger partial charge in [0.25, 0.3) is 0 Å². The molecule has 0 aliphatic rings. The third kappa shape index (κ3) is 3.34. The van der Waals surface area contributed by atoms with E-state index in [-0.39, 0.29) is 6.04 Å². The highest BCUT2D eigenvalue weighted by Crippen LogP contribution is 2.20. The summed E-state index contributed by atoms with van der Waals surface area (Å²) in [6, 6.07) is 8.18. The Balaban J connectivity index is 2.01. The van der Waals surface area contributed by atoms with Crippen molar-refractivity contribution in [2.45, 2.75) is 32.9 Å². The number of hydrogen-bond donors (Lipinski definition) is 1. The van der Waals surface area contributed by atoms with E-state index >= 15 is 0 Å². The standard InChI is InChI=1S/C14H17ClN2O/c1-3-13(11-5-4-6-12(15)7-11)16-9-14-17-8-10(2)18-14/h4-8,13,16H,3,9H2,1-2H3. The van der Waals surface area contributed by atoms with Crippen molar-refractivity contribution in [2.75, 3.05) is 0 Å². The number of rotatable bonds is 5. The second kappa shape index (κ2) is 6.03. The van der Waals surface area contributed by atoms with Crippen LogP contribution in [-0.2, 0) is 6.54 Å². The van der Waals surface area contributed by atoms with Gasteiger partial charge < -0.3 is 9.73 Å². The van der Waals surface area contributed by atoms with Crippen LogP contribution in [0, 0.1) is 6.92 Å².